The Balaban J connectivity index is 1.36. The second kappa shape index (κ2) is 22.3. The number of carbonyl (C=O) groups is 7. The van der Waals surface area contributed by atoms with E-state index in [2.05, 4.69) is 38.0 Å². The summed E-state index contributed by atoms with van der Waals surface area (Å²) in [6.07, 6.45) is 2.95. The Morgan fingerprint density at radius 2 is 1.27 bits per heavy atom. The van der Waals surface area contributed by atoms with Gasteiger partial charge in [-0.1, -0.05) is 114 Å². The van der Waals surface area contributed by atoms with Gasteiger partial charge in [-0.2, -0.15) is 0 Å². The quantitative estimate of drug-likeness (QED) is 0.110. The average Bonchev–Trinajstić information content (AvgIpc) is 3.78. The van der Waals surface area contributed by atoms with Gasteiger partial charge in [-0.05, 0) is 97.8 Å². The molecule has 1 fully saturated rings. The first-order valence-corrected chi connectivity index (χ1v) is 24.7. The van der Waals surface area contributed by atoms with Crippen LogP contribution < -0.4 is 31.9 Å². The van der Waals surface area contributed by atoms with E-state index in [1.165, 1.54) is 10.5 Å². The van der Waals surface area contributed by atoms with Crippen molar-refractivity contribution in [2.75, 3.05) is 20.6 Å². The highest BCUT2D eigenvalue weighted by Crippen LogP contribution is 2.38. The van der Waals surface area contributed by atoms with Gasteiger partial charge in [-0.3, -0.25) is 28.8 Å². The molecule has 70 heavy (non-hydrogen) atoms. The number of hydrogen-bond donors (Lipinski definition) is 7. The minimum absolute atomic E-state index is 0.0247. The van der Waals surface area contributed by atoms with E-state index in [4.69, 9.17) is 0 Å². The highest BCUT2D eigenvalue weighted by Gasteiger charge is 2.47. The van der Waals surface area contributed by atoms with E-state index in [-0.39, 0.29) is 62.0 Å². The molecule has 6 rings (SSSR count). The highest BCUT2D eigenvalue weighted by atomic mass is 16.4. The number of fused-ring (bicyclic) bond motifs is 2. The Hall–Kier alpha value is -6.13. The predicted octanol–water partition coefficient (Wildman–Crippen LogP) is 3.91. The number of nitrogens with one attached hydrogen (secondary N) is 6. The SMILES string of the molecule is CN[C@@H](C)C(=O)NC(C(=O)N1Cc2cc(C3C[C@@H](C(=O)N[C@@H]4CCCc5ccccc54)N(C(=O)[C@@H](NC(=O)[C@H](C)NC)C(C)(C)C)C3)ccc2CC1C(=O)N[C@@H](Cc1ccccc1)C(=O)O)C(C)(C)C. The van der Waals surface area contributed by atoms with Gasteiger partial charge in [0, 0.05) is 31.8 Å². The molecule has 1 aliphatic carbocycles. The number of hydrogen-bond acceptors (Lipinski definition) is 9. The minimum atomic E-state index is -1.28. The van der Waals surface area contributed by atoms with E-state index in [0.29, 0.717) is 5.56 Å². The molecule has 16 nitrogen and oxygen atoms in total. The van der Waals surface area contributed by atoms with E-state index in [1.807, 2.05) is 84.0 Å². The molecule has 0 aromatic heterocycles. The summed E-state index contributed by atoms with van der Waals surface area (Å²) in [7, 11) is 3.31. The van der Waals surface area contributed by atoms with Crippen LogP contribution in [0.25, 0.3) is 0 Å². The van der Waals surface area contributed by atoms with Crippen molar-refractivity contribution in [3.05, 3.63) is 106 Å². The van der Waals surface area contributed by atoms with Gasteiger partial charge in [0.1, 0.15) is 30.2 Å². The maximum atomic E-state index is 15.0. The number of benzene rings is 3. The van der Waals surface area contributed by atoms with Gasteiger partial charge in [0.25, 0.3) is 0 Å². The first-order chi connectivity index (χ1) is 33.0. The molecule has 0 saturated carbocycles. The lowest BCUT2D eigenvalue weighted by Gasteiger charge is -2.41. The average molecular weight is 963 g/mol. The van der Waals surface area contributed by atoms with Crippen LogP contribution in [0.5, 0.6) is 0 Å². The van der Waals surface area contributed by atoms with Crippen molar-refractivity contribution in [1.29, 1.82) is 0 Å². The summed E-state index contributed by atoms with van der Waals surface area (Å²) in [5, 5.41) is 28.0. The van der Waals surface area contributed by atoms with Crippen molar-refractivity contribution >= 4 is 41.4 Å². The molecule has 1 saturated heterocycles. The summed E-state index contributed by atoms with van der Waals surface area (Å²) in [4.78, 5) is 101. The molecule has 3 aromatic carbocycles. The van der Waals surface area contributed by atoms with Crippen LogP contribution in [-0.4, -0.2) is 119 Å². The van der Waals surface area contributed by atoms with Gasteiger partial charge in [0.15, 0.2) is 0 Å². The van der Waals surface area contributed by atoms with Gasteiger partial charge in [-0.15, -0.1) is 0 Å². The van der Waals surface area contributed by atoms with Gasteiger partial charge in [0.2, 0.25) is 35.4 Å². The lowest BCUT2D eigenvalue weighted by molar-refractivity contribution is -0.148. The van der Waals surface area contributed by atoms with Crippen LogP contribution in [0, 0.1) is 10.8 Å². The van der Waals surface area contributed by atoms with Crippen molar-refractivity contribution in [3.8, 4) is 0 Å². The summed E-state index contributed by atoms with van der Waals surface area (Å²) >= 11 is 0. The normalized spacial score (nSPS) is 21.2. The van der Waals surface area contributed by atoms with Crippen LogP contribution in [0.1, 0.15) is 120 Å². The smallest absolute Gasteiger partial charge is 0.326 e. The third-order valence-electron chi connectivity index (χ3n) is 14.3. The molecule has 7 N–H and O–H groups in total. The number of carbonyl (C=O) groups excluding carboxylic acids is 6. The molecule has 0 spiro atoms. The van der Waals surface area contributed by atoms with Gasteiger partial charge >= 0.3 is 5.97 Å². The van der Waals surface area contributed by atoms with Crippen LogP contribution >= 0.6 is 0 Å². The van der Waals surface area contributed by atoms with Gasteiger partial charge in [0.05, 0.1) is 18.1 Å². The number of rotatable bonds is 16. The Kier molecular flexibility index (Phi) is 17.0. The molecule has 6 amide bonds. The summed E-state index contributed by atoms with van der Waals surface area (Å²) in [6, 6.07) is 16.2. The molecule has 0 bridgehead atoms. The maximum absolute atomic E-state index is 15.0. The number of aliphatic carboxylic acids is 1. The summed E-state index contributed by atoms with van der Waals surface area (Å²) in [5.41, 5.74) is 3.78. The monoisotopic (exact) mass is 963 g/mol. The largest absolute Gasteiger partial charge is 0.480 e. The summed E-state index contributed by atoms with van der Waals surface area (Å²) in [6.45, 7) is 14.7. The number of aryl methyl sites for hydroxylation is 1. The zero-order valence-corrected chi connectivity index (χ0v) is 42.5. The zero-order chi connectivity index (χ0) is 51.2. The number of carboxylic acid groups (broad SMARTS) is 1. The lowest BCUT2D eigenvalue weighted by atomic mass is 9.83. The summed E-state index contributed by atoms with van der Waals surface area (Å²) in [5.74, 6) is -4.09. The molecular weight excluding hydrogens is 889 g/mol. The Bertz CT molecular complexity index is 2410. The van der Waals surface area contributed by atoms with Crippen molar-refractivity contribution in [2.24, 2.45) is 10.8 Å². The number of likely N-dealkylation sites (tertiary alicyclic amines) is 1. The zero-order valence-electron chi connectivity index (χ0n) is 42.5. The van der Waals surface area contributed by atoms with E-state index >= 15 is 0 Å². The number of likely N-dealkylation sites (N-methyl/N-ethyl adjacent to an activating group) is 2. The first-order valence-electron chi connectivity index (χ1n) is 24.7. The standard InChI is InChI=1S/C54H74N8O8/c1-31(55-9)46(63)59-44(53(3,4)5)50(67)61-29-37-26-35(23-24-36(37)27-42(61)49(66)58-41(52(69)70)25-33-17-12-11-13-18-33)38-28-43(48(65)57-40-22-16-20-34-19-14-15-21-39(34)40)62(30-38)51(68)45(54(6,7)8)60-47(64)32(2)56-10/h11-15,17-19,21,23-24,26,31-32,38,40-45,55-56H,16,20,22,25,27-30H2,1-10H3,(H,57,65)(H,58,66)(H,59,63)(H,60,64)(H,69,70)/t31-,32-,38?,40+,41-,42?,43-,44?,45+/m0/s1. The van der Waals surface area contributed by atoms with Crippen LogP contribution in [0.15, 0.2) is 72.8 Å². The van der Waals surface area contributed by atoms with Gasteiger partial charge in [-0.25, -0.2) is 4.79 Å². The molecule has 9 atom stereocenters. The predicted molar refractivity (Wildman–Crippen MR) is 267 cm³/mol. The Labute approximate surface area is 412 Å². The lowest BCUT2D eigenvalue weighted by Crippen LogP contribution is -2.62. The number of carboxylic acids is 1. The molecule has 0 radical (unpaired) electrons. The molecule has 2 aliphatic heterocycles. The molecule has 16 heteroatoms. The number of nitrogens with zero attached hydrogens (tertiary/aromatic N) is 2. The van der Waals surface area contributed by atoms with E-state index < -0.39 is 76.8 Å². The minimum Gasteiger partial charge on any atom is -0.480 e. The fourth-order valence-electron chi connectivity index (χ4n) is 9.81. The number of amides is 6. The Morgan fingerprint density at radius 1 is 0.686 bits per heavy atom. The second-order valence-electron chi connectivity index (χ2n) is 21.5. The fraction of sp³-hybridized carbons (Fsp3) is 0.537. The van der Waals surface area contributed by atoms with Crippen molar-refractivity contribution < 1.29 is 38.7 Å². The van der Waals surface area contributed by atoms with Crippen molar-refractivity contribution in [1.82, 2.24) is 41.7 Å². The van der Waals surface area contributed by atoms with E-state index in [9.17, 15) is 38.7 Å². The van der Waals surface area contributed by atoms with E-state index in [0.717, 1.165) is 41.5 Å². The van der Waals surface area contributed by atoms with Crippen LogP contribution in [0.3, 0.4) is 0 Å². The first kappa shape index (κ1) is 53.2. The fourth-order valence-corrected chi connectivity index (χ4v) is 9.81. The molecular formula is C54H74N8O8. The topological polar surface area (TPSA) is 218 Å². The molecule has 378 valence electrons. The van der Waals surface area contributed by atoms with Gasteiger partial charge < -0.3 is 46.8 Å². The van der Waals surface area contributed by atoms with Crippen LogP contribution in [-0.2, 0) is 59.4 Å². The van der Waals surface area contributed by atoms with Crippen LogP contribution in [0.2, 0.25) is 0 Å². The molecule has 3 aromatic rings. The van der Waals surface area contributed by atoms with Crippen LogP contribution in [0.4, 0.5) is 0 Å². The molecule has 2 heterocycles. The third-order valence-corrected chi connectivity index (χ3v) is 14.3. The van der Waals surface area contributed by atoms with E-state index in [1.54, 1.807) is 57.1 Å². The molecule has 3 unspecified atom stereocenters. The second-order valence-corrected chi connectivity index (χ2v) is 21.5. The molecule has 3 aliphatic rings. The van der Waals surface area contributed by atoms with Crippen molar-refractivity contribution in [2.45, 2.75) is 155 Å². The van der Waals surface area contributed by atoms with Crippen molar-refractivity contribution in [3.63, 3.8) is 0 Å². The summed E-state index contributed by atoms with van der Waals surface area (Å²) < 4.78 is 0. The highest BCUT2D eigenvalue weighted by molar-refractivity contribution is 5.96. The maximum Gasteiger partial charge on any atom is 0.326 e. The Morgan fingerprint density at radius 3 is 1.86 bits per heavy atom. The third kappa shape index (κ3) is 12.4.